The van der Waals surface area contributed by atoms with Crippen molar-refractivity contribution >= 4 is 0 Å². The second kappa shape index (κ2) is 6.43. The Bertz CT molecular complexity index is 265. The Balaban J connectivity index is 2.72. The van der Waals surface area contributed by atoms with Crippen molar-refractivity contribution in [3.63, 3.8) is 0 Å². The molecule has 3 nitrogen and oxygen atoms in total. The molecule has 1 N–H and O–H groups in total. The van der Waals surface area contributed by atoms with Crippen molar-refractivity contribution in [3.8, 4) is 5.75 Å². The molecular weight excluding hydrogens is 190 g/mol. The van der Waals surface area contributed by atoms with E-state index in [1.165, 1.54) is 5.56 Å². The van der Waals surface area contributed by atoms with E-state index in [9.17, 15) is 0 Å². The minimum Gasteiger partial charge on any atom is -0.497 e. The van der Waals surface area contributed by atoms with Crippen molar-refractivity contribution in [1.82, 2.24) is 5.32 Å². The van der Waals surface area contributed by atoms with Crippen molar-refractivity contribution in [3.05, 3.63) is 29.8 Å². The lowest BCUT2D eigenvalue weighted by Gasteiger charge is -2.17. The second-order valence-corrected chi connectivity index (χ2v) is 3.34. The summed E-state index contributed by atoms with van der Waals surface area (Å²) in [7, 11) is 3.39. The van der Waals surface area contributed by atoms with E-state index >= 15 is 0 Å². The molecule has 0 aliphatic rings. The van der Waals surface area contributed by atoms with Gasteiger partial charge in [0.2, 0.25) is 0 Å². The molecule has 0 aliphatic carbocycles. The monoisotopic (exact) mass is 209 g/mol. The molecule has 0 amide bonds. The summed E-state index contributed by atoms with van der Waals surface area (Å²) in [5.74, 6) is 0.881. The number of ether oxygens (including phenoxy) is 2. The molecule has 0 radical (unpaired) electrons. The van der Waals surface area contributed by atoms with E-state index in [1.807, 2.05) is 12.1 Å². The SMILES string of the molecule is CCNC(COC)c1ccc(OC)cc1. The number of methoxy groups -OCH3 is 2. The Morgan fingerprint density at radius 2 is 1.87 bits per heavy atom. The summed E-state index contributed by atoms with van der Waals surface area (Å²) in [4.78, 5) is 0. The molecule has 15 heavy (non-hydrogen) atoms. The number of likely N-dealkylation sites (N-methyl/N-ethyl adjacent to an activating group) is 1. The van der Waals surface area contributed by atoms with Crippen LogP contribution in [-0.4, -0.2) is 27.4 Å². The summed E-state index contributed by atoms with van der Waals surface area (Å²) >= 11 is 0. The first-order valence-electron chi connectivity index (χ1n) is 5.18. The predicted octanol–water partition coefficient (Wildman–Crippen LogP) is 1.99. The van der Waals surface area contributed by atoms with Gasteiger partial charge < -0.3 is 14.8 Å². The molecule has 0 bridgehead atoms. The zero-order chi connectivity index (χ0) is 11.1. The summed E-state index contributed by atoms with van der Waals surface area (Å²) in [5.41, 5.74) is 1.22. The predicted molar refractivity (Wildman–Crippen MR) is 61.3 cm³/mol. The molecule has 0 heterocycles. The van der Waals surface area contributed by atoms with Crippen LogP contribution in [0, 0.1) is 0 Å². The first-order chi connectivity index (χ1) is 7.31. The van der Waals surface area contributed by atoms with Crippen molar-refractivity contribution < 1.29 is 9.47 Å². The fourth-order valence-corrected chi connectivity index (χ4v) is 1.52. The lowest BCUT2D eigenvalue weighted by atomic mass is 10.1. The van der Waals surface area contributed by atoms with Crippen LogP contribution in [0.4, 0.5) is 0 Å². The molecule has 0 aliphatic heterocycles. The highest BCUT2D eigenvalue weighted by molar-refractivity contribution is 5.29. The molecule has 1 atom stereocenters. The fraction of sp³-hybridized carbons (Fsp3) is 0.500. The maximum absolute atomic E-state index is 5.17. The number of rotatable bonds is 6. The van der Waals surface area contributed by atoms with Crippen LogP contribution in [0.3, 0.4) is 0 Å². The molecule has 1 aromatic rings. The minimum absolute atomic E-state index is 0.255. The van der Waals surface area contributed by atoms with E-state index in [1.54, 1.807) is 14.2 Å². The van der Waals surface area contributed by atoms with Gasteiger partial charge in [-0.2, -0.15) is 0 Å². The average Bonchev–Trinajstić information content (AvgIpc) is 2.29. The Labute approximate surface area is 91.4 Å². The maximum Gasteiger partial charge on any atom is 0.118 e. The highest BCUT2D eigenvalue weighted by Crippen LogP contribution is 2.17. The Hall–Kier alpha value is -1.06. The third-order valence-electron chi connectivity index (χ3n) is 2.30. The van der Waals surface area contributed by atoms with Crippen LogP contribution in [0.25, 0.3) is 0 Å². The third kappa shape index (κ3) is 3.53. The van der Waals surface area contributed by atoms with Crippen LogP contribution in [0.1, 0.15) is 18.5 Å². The van der Waals surface area contributed by atoms with E-state index < -0.39 is 0 Å². The van der Waals surface area contributed by atoms with Crippen molar-refractivity contribution in [1.29, 1.82) is 0 Å². The number of benzene rings is 1. The largest absolute Gasteiger partial charge is 0.497 e. The second-order valence-electron chi connectivity index (χ2n) is 3.34. The van der Waals surface area contributed by atoms with Gasteiger partial charge in [0.25, 0.3) is 0 Å². The highest BCUT2D eigenvalue weighted by Gasteiger charge is 2.09. The number of hydrogen-bond acceptors (Lipinski definition) is 3. The van der Waals surface area contributed by atoms with Crippen LogP contribution in [0.5, 0.6) is 5.75 Å². The molecule has 3 heteroatoms. The van der Waals surface area contributed by atoms with Gasteiger partial charge in [-0.25, -0.2) is 0 Å². The van der Waals surface area contributed by atoms with Crippen LogP contribution in [-0.2, 0) is 4.74 Å². The van der Waals surface area contributed by atoms with Gasteiger partial charge in [-0.15, -0.1) is 0 Å². The summed E-state index contributed by atoms with van der Waals surface area (Å²) in [6, 6.07) is 8.31. The molecule has 84 valence electrons. The van der Waals surface area contributed by atoms with Crippen LogP contribution in [0.15, 0.2) is 24.3 Å². The lowest BCUT2D eigenvalue weighted by molar-refractivity contribution is 0.168. The van der Waals surface area contributed by atoms with E-state index in [0.29, 0.717) is 6.61 Å². The molecule has 0 spiro atoms. The van der Waals surface area contributed by atoms with Gasteiger partial charge in [0.05, 0.1) is 19.8 Å². The Morgan fingerprint density at radius 3 is 2.33 bits per heavy atom. The summed E-state index contributed by atoms with van der Waals surface area (Å²) in [5, 5.41) is 3.37. The highest BCUT2D eigenvalue weighted by atomic mass is 16.5. The van der Waals surface area contributed by atoms with Crippen LogP contribution < -0.4 is 10.1 Å². The van der Waals surface area contributed by atoms with E-state index in [2.05, 4.69) is 24.4 Å². The van der Waals surface area contributed by atoms with Gasteiger partial charge in [0.1, 0.15) is 5.75 Å². The molecule has 1 unspecified atom stereocenters. The number of hydrogen-bond donors (Lipinski definition) is 1. The molecule has 0 saturated heterocycles. The molecular formula is C12H19NO2. The molecule has 0 saturated carbocycles. The van der Waals surface area contributed by atoms with Crippen molar-refractivity contribution in [2.24, 2.45) is 0 Å². The standard InChI is InChI=1S/C12H19NO2/c1-4-13-12(9-14-2)10-5-7-11(15-3)8-6-10/h5-8,12-13H,4,9H2,1-3H3. The Morgan fingerprint density at radius 1 is 1.20 bits per heavy atom. The van der Waals surface area contributed by atoms with Crippen LogP contribution >= 0.6 is 0 Å². The first-order valence-corrected chi connectivity index (χ1v) is 5.18. The fourth-order valence-electron chi connectivity index (χ4n) is 1.52. The van der Waals surface area contributed by atoms with Gasteiger partial charge in [-0.05, 0) is 24.2 Å². The van der Waals surface area contributed by atoms with E-state index in [4.69, 9.17) is 9.47 Å². The maximum atomic E-state index is 5.17. The molecule has 0 fully saturated rings. The van der Waals surface area contributed by atoms with E-state index in [-0.39, 0.29) is 6.04 Å². The molecule has 1 rings (SSSR count). The Kier molecular flexibility index (Phi) is 5.15. The van der Waals surface area contributed by atoms with Gasteiger partial charge >= 0.3 is 0 Å². The van der Waals surface area contributed by atoms with E-state index in [0.717, 1.165) is 12.3 Å². The zero-order valence-electron chi connectivity index (χ0n) is 9.62. The molecule has 1 aromatic carbocycles. The summed E-state index contributed by atoms with van der Waals surface area (Å²) < 4.78 is 10.3. The van der Waals surface area contributed by atoms with Crippen LogP contribution in [0.2, 0.25) is 0 Å². The first kappa shape index (κ1) is 12.0. The smallest absolute Gasteiger partial charge is 0.118 e. The van der Waals surface area contributed by atoms with Gasteiger partial charge in [-0.1, -0.05) is 19.1 Å². The van der Waals surface area contributed by atoms with Crippen molar-refractivity contribution in [2.75, 3.05) is 27.4 Å². The molecule has 0 aromatic heterocycles. The number of nitrogens with one attached hydrogen (secondary N) is 1. The zero-order valence-corrected chi connectivity index (χ0v) is 9.62. The van der Waals surface area contributed by atoms with Crippen molar-refractivity contribution in [2.45, 2.75) is 13.0 Å². The summed E-state index contributed by atoms with van der Waals surface area (Å²) in [6.45, 7) is 3.70. The average molecular weight is 209 g/mol. The van der Waals surface area contributed by atoms with Gasteiger partial charge in [-0.3, -0.25) is 0 Å². The minimum atomic E-state index is 0.255. The van der Waals surface area contributed by atoms with Gasteiger partial charge in [0.15, 0.2) is 0 Å². The van der Waals surface area contributed by atoms with Gasteiger partial charge in [0, 0.05) is 7.11 Å². The normalized spacial score (nSPS) is 12.5. The topological polar surface area (TPSA) is 30.5 Å². The third-order valence-corrected chi connectivity index (χ3v) is 2.30. The quantitative estimate of drug-likeness (QED) is 0.777. The summed E-state index contributed by atoms with van der Waals surface area (Å²) in [6.07, 6.45) is 0. The lowest BCUT2D eigenvalue weighted by Crippen LogP contribution is -2.24.